The summed E-state index contributed by atoms with van der Waals surface area (Å²) in [6, 6.07) is 0. The molecule has 9 heteroatoms. The highest BCUT2D eigenvalue weighted by Crippen LogP contribution is 2.45. The summed E-state index contributed by atoms with van der Waals surface area (Å²) in [5.74, 6) is -0.475. The molecular formula is C13H13BrN2O4S2. The largest absolute Gasteiger partial charge is 0.462 e. The molecule has 0 atom stereocenters. The molecule has 0 saturated carbocycles. The number of nitrogens with zero attached hydrogens (tertiary/aromatic N) is 1. The molecule has 3 rings (SSSR count). The van der Waals surface area contributed by atoms with Crippen LogP contribution in [-0.2, 0) is 27.4 Å². The van der Waals surface area contributed by atoms with Crippen LogP contribution in [0.15, 0.2) is 8.81 Å². The Balaban J connectivity index is 2.29. The lowest BCUT2D eigenvalue weighted by Gasteiger charge is -2.13. The molecule has 118 valence electrons. The number of carbonyl (C=O) groups excluding carboxylic acids is 1. The molecule has 0 saturated heterocycles. The van der Waals surface area contributed by atoms with Crippen LogP contribution in [0.25, 0.3) is 11.3 Å². The molecule has 22 heavy (non-hydrogen) atoms. The molecule has 0 amide bonds. The number of aromatic amines is 1. The van der Waals surface area contributed by atoms with Gasteiger partial charge in [0.2, 0.25) is 0 Å². The summed E-state index contributed by atoms with van der Waals surface area (Å²) in [6.07, 6.45) is 2.41. The number of sulfone groups is 1. The van der Waals surface area contributed by atoms with Gasteiger partial charge in [-0.15, -0.1) is 11.3 Å². The summed E-state index contributed by atoms with van der Waals surface area (Å²) in [4.78, 5) is 12.5. The van der Waals surface area contributed by atoms with Crippen LogP contribution in [0.4, 0.5) is 0 Å². The van der Waals surface area contributed by atoms with Gasteiger partial charge < -0.3 is 4.74 Å². The number of halogens is 1. The fourth-order valence-electron chi connectivity index (χ4n) is 2.57. The van der Waals surface area contributed by atoms with Crippen LogP contribution in [-0.4, -0.2) is 37.4 Å². The first kappa shape index (κ1) is 15.7. The van der Waals surface area contributed by atoms with Gasteiger partial charge in [0.15, 0.2) is 9.84 Å². The number of esters is 1. The number of rotatable bonds is 3. The highest BCUT2D eigenvalue weighted by Gasteiger charge is 2.34. The van der Waals surface area contributed by atoms with Crippen molar-refractivity contribution in [2.24, 2.45) is 0 Å². The minimum atomic E-state index is -3.46. The van der Waals surface area contributed by atoms with Crippen LogP contribution < -0.4 is 0 Å². The van der Waals surface area contributed by atoms with Gasteiger partial charge in [-0.2, -0.15) is 5.10 Å². The van der Waals surface area contributed by atoms with Gasteiger partial charge in [-0.3, -0.25) is 5.10 Å². The van der Waals surface area contributed by atoms with E-state index in [-0.39, 0.29) is 10.8 Å². The van der Waals surface area contributed by atoms with Crippen LogP contribution in [0.1, 0.15) is 27.7 Å². The van der Waals surface area contributed by atoms with E-state index in [4.69, 9.17) is 4.74 Å². The second-order valence-corrected chi connectivity index (χ2v) is 8.95. The van der Waals surface area contributed by atoms with Gasteiger partial charge in [0.25, 0.3) is 0 Å². The number of hydrogen-bond acceptors (Lipinski definition) is 6. The lowest BCUT2D eigenvalue weighted by atomic mass is 9.92. The van der Waals surface area contributed by atoms with Gasteiger partial charge in [-0.05, 0) is 41.3 Å². The summed E-state index contributed by atoms with van der Waals surface area (Å²) < 4.78 is 30.2. The molecule has 1 aliphatic rings. The van der Waals surface area contributed by atoms with E-state index in [9.17, 15) is 13.2 Å². The van der Waals surface area contributed by atoms with Gasteiger partial charge >= 0.3 is 5.97 Å². The van der Waals surface area contributed by atoms with Crippen molar-refractivity contribution < 1.29 is 17.9 Å². The molecule has 2 aromatic rings. The van der Waals surface area contributed by atoms with Crippen LogP contribution in [0, 0.1) is 0 Å². The first-order chi connectivity index (χ1) is 10.3. The Bertz CT molecular complexity index is 867. The molecule has 0 spiro atoms. The van der Waals surface area contributed by atoms with Crippen molar-refractivity contribution in [3.63, 3.8) is 0 Å². The molecule has 6 nitrogen and oxygen atoms in total. The van der Waals surface area contributed by atoms with E-state index in [1.807, 2.05) is 0 Å². The van der Waals surface area contributed by atoms with Crippen molar-refractivity contribution in [2.75, 3.05) is 12.9 Å². The van der Waals surface area contributed by atoms with Crippen LogP contribution >= 0.6 is 27.3 Å². The van der Waals surface area contributed by atoms with E-state index < -0.39 is 15.8 Å². The summed E-state index contributed by atoms with van der Waals surface area (Å²) in [7, 11) is -3.46. The zero-order valence-electron chi connectivity index (χ0n) is 11.9. The number of thiophene rings is 1. The average Bonchev–Trinajstić information content (AvgIpc) is 2.99. The molecule has 0 fully saturated rings. The fraction of sp³-hybridized carbons (Fsp3) is 0.385. The maximum atomic E-state index is 12.1. The van der Waals surface area contributed by atoms with E-state index in [1.165, 1.54) is 0 Å². The lowest BCUT2D eigenvalue weighted by molar-refractivity contribution is 0.0531. The van der Waals surface area contributed by atoms with E-state index in [1.54, 1.807) is 6.92 Å². The quantitative estimate of drug-likeness (QED) is 0.793. The van der Waals surface area contributed by atoms with Crippen molar-refractivity contribution in [3.05, 3.63) is 20.6 Å². The third kappa shape index (κ3) is 2.40. The summed E-state index contributed by atoms with van der Waals surface area (Å²) >= 11 is 4.36. The van der Waals surface area contributed by atoms with Crippen LogP contribution in [0.2, 0.25) is 0 Å². The van der Waals surface area contributed by atoms with Crippen molar-refractivity contribution in [1.29, 1.82) is 0 Å². The lowest BCUT2D eigenvalue weighted by Crippen LogP contribution is -2.09. The minimum absolute atomic E-state index is 0.172. The number of carbonyl (C=O) groups is 1. The maximum Gasteiger partial charge on any atom is 0.348 e. The molecule has 0 bridgehead atoms. The van der Waals surface area contributed by atoms with Gasteiger partial charge in [-0.1, -0.05) is 0 Å². The topological polar surface area (TPSA) is 89.1 Å². The molecule has 1 N–H and O–H groups in total. The van der Waals surface area contributed by atoms with Gasteiger partial charge in [0, 0.05) is 17.4 Å². The smallest absolute Gasteiger partial charge is 0.348 e. The van der Waals surface area contributed by atoms with Crippen LogP contribution in [0.3, 0.4) is 0 Å². The molecule has 1 aliphatic carbocycles. The number of aromatic nitrogens is 2. The third-order valence-corrected chi connectivity index (χ3v) is 7.15. The van der Waals surface area contributed by atoms with E-state index in [0.29, 0.717) is 29.0 Å². The first-order valence-electron chi connectivity index (χ1n) is 6.60. The van der Waals surface area contributed by atoms with Gasteiger partial charge in [0.1, 0.15) is 13.7 Å². The van der Waals surface area contributed by atoms with Crippen molar-refractivity contribution in [2.45, 2.75) is 24.0 Å². The van der Waals surface area contributed by atoms with Crippen LogP contribution in [0.5, 0.6) is 0 Å². The Morgan fingerprint density at radius 1 is 1.41 bits per heavy atom. The van der Waals surface area contributed by atoms with E-state index >= 15 is 0 Å². The summed E-state index contributed by atoms with van der Waals surface area (Å²) in [5, 5.41) is 7.03. The van der Waals surface area contributed by atoms with Gasteiger partial charge in [-0.25, -0.2) is 13.2 Å². The number of nitrogens with one attached hydrogen (secondary N) is 1. The zero-order chi connectivity index (χ0) is 16.1. The zero-order valence-corrected chi connectivity index (χ0v) is 15.1. The van der Waals surface area contributed by atoms with Gasteiger partial charge in [0.05, 0.1) is 12.3 Å². The minimum Gasteiger partial charge on any atom is -0.462 e. The highest BCUT2D eigenvalue weighted by molar-refractivity contribution is 9.10. The molecule has 0 aliphatic heterocycles. The number of hydrogen-bond donors (Lipinski definition) is 1. The Morgan fingerprint density at radius 3 is 2.73 bits per heavy atom. The SMILES string of the molecule is CCOC(=O)c1sc(S(C)(=O)=O)c2c1CCc1c-2n[nH]c1Br. The predicted octanol–water partition coefficient (Wildman–Crippen LogP) is 2.58. The van der Waals surface area contributed by atoms with Crippen molar-refractivity contribution >= 4 is 43.1 Å². The molecular weight excluding hydrogens is 392 g/mol. The number of ether oxygens (including phenoxy) is 1. The first-order valence-corrected chi connectivity index (χ1v) is 10.1. The normalized spacial score (nSPS) is 13.6. The monoisotopic (exact) mass is 404 g/mol. The third-order valence-electron chi connectivity index (χ3n) is 3.45. The van der Waals surface area contributed by atoms with Crippen molar-refractivity contribution in [1.82, 2.24) is 10.2 Å². The molecule has 2 aromatic heterocycles. The highest BCUT2D eigenvalue weighted by atomic mass is 79.9. The Labute approximate surface area is 139 Å². The van der Waals surface area contributed by atoms with E-state index in [0.717, 1.165) is 33.3 Å². The average molecular weight is 405 g/mol. The Morgan fingerprint density at radius 2 is 2.09 bits per heavy atom. The fourth-order valence-corrected chi connectivity index (χ4v) is 5.47. The molecule has 0 aromatic carbocycles. The molecule has 0 unspecified atom stereocenters. The van der Waals surface area contributed by atoms with E-state index in [2.05, 4.69) is 26.1 Å². The second-order valence-electron chi connectivity index (χ2n) is 4.93. The second kappa shape index (κ2) is 5.47. The molecule has 2 heterocycles. The Hall–Kier alpha value is -1.19. The Kier molecular flexibility index (Phi) is 3.90. The number of fused-ring (bicyclic) bond motifs is 3. The van der Waals surface area contributed by atoms with Crippen molar-refractivity contribution in [3.8, 4) is 11.3 Å². The summed E-state index contributed by atoms with van der Waals surface area (Å²) in [6.45, 7) is 1.97. The predicted molar refractivity (Wildman–Crippen MR) is 86.1 cm³/mol. The maximum absolute atomic E-state index is 12.1. The standard InChI is InChI=1S/C13H13BrN2O4S2/c1-3-20-12(17)10-6-4-5-7-9(15-16-11(7)14)8(6)13(21-10)22(2,18)19/h3-5H2,1-2H3,(H,15,16). The molecule has 0 radical (unpaired) electrons. The number of H-pyrrole nitrogens is 1. The summed E-state index contributed by atoms with van der Waals surface area (Å²) in [5.41, 5.74) is 2.79.